The molecule has 1 unspecified atom stereocenters. The van der Waals surface area contributed by atoms with E-state index in [1.54, 1.807) is 19.2 Å². The zero-order valence-electron chi connectivity index (χ0n) is 16.7. The van der Waals surface area contributed by atoms with Gasteiger partial charge in [0.2, 0.25) is 0 Å². The van der Waals surface area contributed by atoms with Crippen molar-refractivity contribution in [3.05, 3.63) is 131 Å². The molecule has 4 rings (SSSR count). The van der Waals surface area contributed by atoms with Crippen LogP contribution in [0, 0.1) is 0 Å². The van der Waals surface area contributed by atoms with Gasteiger partial charge in [0, 0.05) is 5.92 Å². The van der Waals surface area contributed by atoms with E-state index in [1.807, 2.05) is 72.8 Å². The molecule has 0 bridgehead atoms. The van der Waals surface area contributed by atoms with Crippen molar-refractivity contribution in [3.8, 4) is 11.5 Å². The molecule has 0 aromatic heterocycles. The van der Waals surface area contributed by atoms with Crippen molar-refractivity contribution in [3.63, 3.8) is 0 Å². The Morgan fingerprint density at radius 1 is 0.600 bits per heavy atom. The van der Waals surface area contributed by atoms with Gasteiger partial charge in [-0.3, -0.25) is 0 Å². The van der Waals surface area contributed by atoms with Gasteiger partial charge in [0.1, 0.15) is 11.5 Å². The van der Waals surface area contributed by atoms with Crippen LogP contribution in [-0.4, -0.2) is 13.1 Å². The van der Waals surface area contributed by atoms with E-state index in [-0.39, 0.29) is 11.9 Å². The van der Waals surface area contributed by atoms with Gasteiger partial charge in [-0.1, -0.05) is 72.8 Å². The number of carbonyl (C=O) groups excluding carboxylic acids is 1. The number of rotatable bonds is 6. The second kappa shape index (κ2) is 9.10. The Morgan fingerprint density at radius 3 is 1.60 bits per heavy atom. The zero-order valence-corrected chi connectivity index (χ0v) is 16.7. The van der Waals surface area contributed by atoms with E-state index in [4.69, 9.17) is 9.47 Å². The summed E-state index contributed by atoms with van der Waals surface area (Å²) in [6.07, 6.45) is 0. The summed E-state index contributed by atoms with van der Waals surface area (Å²) >= 11 is 0. The number of hydrogen-bond acceptors (Lipinski definition) is 3. The molecule has 0 spiro atoms. The van der Waals surface area contributed by atoms with Crippen LogP contribution in [0.2, 0.25) is 0 Å². The normalized spacial score (nSPS) is 11.5. The molecule has 0 aliphatic carbocycles. The summed E-state index contributed by atoms with van der Waals surface area (Å²) in [5.74, 6) is 1.05. The molecule has 0 fully saturated rings. The molecule has 4 aromatic rings. The minimum Gasteiger partial charge on any atom is -0.497 e. The van der Waals surface area contributed by atoms with E-state index in [1.165, 1.54) is 5.56 Å². The SMILES string of the molecule is COc1ccc(C(c2ccccc2)c2ccc(OC(=O)c3ccccc3)cc2)cc1. The molecule has 0 aliphatic rings. The lowest BCUT2D eigenvalue weighted by Gasteiger charge is -2.19. The van der Waals surface area contributed by atoms with Crippen LogP contribution in [0.4, 0.5) is 0 Å². The molecule has 0 saturated heterocycles. The van der Waals surface area contributed by atoms with Gasteiger partial charge in [-0.2, -0.15) is 0 Å². The first-order valence-corrected chi connectivity index (χ1v) is 9.80. The second-order valence-corrected chi connectivity index (χ2v) is 6.94. The highest BCUT2D eigenvalue weighted by molar-refractivity contribution is 5.90. The summed E-state index contributed by atoms with van der Waals surface area (Å²) in [6, 6.07) is 35.2. The third-order valence-corrected chi connectivity index (χ3v) is 5.02. The average Bonchev–Trinajstić information content (AvgIpc) is 2.82. The van der Waals surface area contributed by atoms with E-state index in [9.17, 15) is 4.79 Å². The van der Waals surface area contributed by atoms with Crippen molar-refractivity contribution in [1.29, 1.82) is 0 Å². The van der Waals surface area contributed by atoms with Crippen LogP contribution in [0.3, 0.4) is 0 Å². The Labute approximate surface area is 176 Å². The first-order chi connectivity index (χ1) is 14.7. The standard InChI is InChI=1S/C27H22O3/c1-29-24-16-12-21(13-17-24)26(20-8-4-2-5-9-20)22-14-18-25(19-15-22)30-27(28)23-10-6-3-7-11-23/h2-19,26H,1H3. The number of esters is 1. The Bertz CT molecular complexity index is 1090. The fourth-order valence-electron chi connectivity index (χ4n) is 3.49. The van der Waals surface area contributed by atoms with Crippen molar-refractivity contribution in [2.75, 3.05) is 7.11 Å². The Hall–Kier alpha value is -3.85. The van der Waals surface area contributed by atoms with Gasteiger partial charge in [-0.15, -0.1) is 0 Å². The molecule has 148 valence electrons. The molecule has 4 aromatic carbocycles. The fraction of sp³-hybridized carbons (Fsp3) is 0.0741. The molecule has 0 N–H and O–H groups in total. The predicted octanol–water partition coefficient (Wildman–Crippen LogP) is 6.09. The second-order valence-electron chi connectivity index (χ2n) is 6.94. The predicted molar refractivity (Wildman–Crippen MR) is 118 cm³/mol. The molecular weight excluding hydrogens is 372 g/mol. The maximum absolute atomic E-state index is 12.3. The third kappa shape index (κ3) is 4.41. The maximum Gasteiger partial charge on any atom is 0.343 e. The van der Waals surface area contributed by atoms with E-state index >= 15 is 0 Å². The molecule has 3 heteroatoms. The molecule has 3 nitrogen and oxygen atoms in total. The van der Waals surface area contributed by atoms with Gasteiger partial charge < -0.3 is 9.47 Å². The molecule has 0 amide bonds. The molecule has 1 atom stereocenters. The van der Waals surface area contributed by atoms with Crippen molar-refractivity contribution < 1.29 is 14.3 Å². The maximum atomic E-state index is 12.3. The summed E-state index contributed by atoms with van der Waals surface area (Å²) in [5, 5.41) is 0. The highest BCUT2D eigenvalue weighted by Gasteiger charge is 2.17. The number of hydrogen-bond donors (Lipinski definition) is 0. The van der Waals surface area contributed by atoms with Gasteiger partial charge in [-0.05, 0) is 53.1 Å². The molecule has 0 heterocycles. The minimum absolute atomic E-state index is 0.0657. The van der Waals surface area contributed by atoms with E-state index in [0.717, 1.165) is 16.9 Å². The monoisotopic (exact) mass is 394 g/mol. The lowest BCUT2D eigenvalue weighted by Crippen LogP contribution is -2.08. The smallest absolute Gasteiger partial charge is 0.343 e. The van der Waals surface area contributed by atoms with Crippen molar-refractivity contribution >= 4 is 5.97 Å². The van der Waals surface area contributed by atoms with Gasteiger partial charge in [-0.25, -0.2) is 4.79 Å². The summed E-state index contributed by atoms with van der Waals surface area (Å²) < 4.78 is 10.8. The van der Waals surface area contributed by atoms with Gasteiger partial charge in [0.05, 0.1) is 12.7 Å². The van der Waals surface area contributed by atoms with Gasteiger partial charge in [0.25, 0.3) is 0 Å². The Kier molecular flexibility index (Phi) is 5.90. The van der Waals surface area contributed by atoms with Crippen molar-refractivity contribution in [2.45, 2.75) is 5.92 Å². The van der Waals surface area contributed by atoms with Crippen LogP contribution >= 0.6 is 0 Å². The van der Waals surface area contributed by atoms with Crippen molar-refractivity contribution in [1.82, 2.24) is 0 Å². The first-order valence-electron chi connectivity index (χ1n) is 9.80. The molecular formula is C27H22O3. The summed E-state index contributed by atoms with van der Waals surface area (Å²) in [7, 11) is 1.67. The Balaban J connectivity index is 1.62. The largest absolute Gasteiger partial charge is 0.497 e. The lowest BCUT2D eigenvalue weighted by molar-refractivity contribution is 0.0734. The number of carbonyl (C=O) groups is 1. The van der Waals surface area contributed by atoms with Crippen LogP contribution in [-0.2, 0) is 0 Å². The van der Waals surface area contributed by atoms with E-state index in [0.29, 0.717) is 11.3 Å². The molecule has 0 radical (unpaired) electrons. The van der Waals surface area contributed by atoms with Crippen LogP contribution in [0.5, 0.6) is 11.5 Å². The quantitative estimate of drug-likeness (QED) is 0.225. The van der Waals surface area contributed by atoms with Crippen LogP contribution in [0.25, 0.3) is 0 Å². The molecule has 30 heavy (non-hydrogen) atoms. The number of ether oxygens (including phenoxy) is 2. The highest BCUT2D eigenvalue weighted by Crippen LogP contribution is 2.33. The number of methoxy groups -OCH3 is 1. The fourth-order valence-corrected chi connectivity index (χ4v) is 3.49. The van der Waals surface area contributed by atoms with Crippen LogP contribution < -0.4 is 9.47 Å². The first kappa shape index (κ1) is 19.5. The minimum atomic E-state index is -0.363. The third-order valence-electron chi connectivity index (χ3n) is 5.02. The van der Waals surface area contributed by atoms with E-state index in [2.05, 4.69) is 24.3 Å². The van der Waals surface area contributed by atoms with Gasteiger partial charge in [0.15, 0.2) is 0 Å². The highest BCUT2D eigenvalue weighted by atomic mass is 16.5. The zero-order chi connectivity index (χ0) is 20.8. The summed E-state index contributed by atoms with van der Waals surface area (Å²) in [5.41, 5.74) is 4.00. The van der Waals surface area contributed by atoms with Crippen LogP contribution in [0.15, 0.2) is 109 Å². The topological polar surface area (TPSA) is 35.5 Å². The van der Waals surface area contributed by atoms with Crippen molar-refractivity contribution in [2.24, 2.45) is 0 Å². The molecule has 0 saturated carbocycles. The number of benzene rings is 4. The summed E-state index contributed by atoms with van der Waals surface area (Å²) in [4.78, 5) is 12.3. The van der Waals surface area contributed by atoms with E-state index < -0.39 is 0 Å². The van der Waals surface area contributed by atoms with Crippen LogP contribution in [0.1, 0.15) is 33.0 Å². The average molecular weight is 394 g/mol. The summed E-state index contributed by atoms with van der Waals surface area (Å²) in [6.45, 7) is 0. The lowest BCUT2D eigenvalue weighted by atomic mass is 9.85. The molecule has 0 aliphatic heterocycles. The van der Waals surface area contributed by atoms with Gasteiger partial charge >= 0.3 is 5.97 Å². The Morgan fingerprint density at radius 2 is 1.07 bits per heavy atom.